The SMILES string of the molecule is C=C(C)C(=O)OCCOC(=O)C1Cc2ccccc2N1. The van der Waals surface area contributed by atoms with E-state index in [1.54, 1.807) is 6.92 Å². The highest BCUT2D eigenvalue weighted by Gasteiger charge is 2.27. The van der Waals surface area contributed by atoms with E-state index in [-0.39, 0.29) is 25.2 Å². The number of ether oxygens (including phenoxy) is 2. The smallest absolute Gasteiger partial charge is 0.333 e. The monoisotopic (exact) mass is 275 g/mol. The van der Waals surface area contributed by atoms with Crippen LogP contribution in [0.2, 0.25) is 0 Å². The molecule has 0 spiro atoms. The number of hydrogen-bond donors (Lipinski definition) is 1. The number of anilines is 1. The van der Waals surface area contributed by atoms with Crippen LogP contribution in [0, 0.1) is 0 Å². The number of para-hydroxylation sites is 1. The van der Waals surface area contributed by atoms with Crippen LogP contribution in [0.4, 0.5) is 5.69 Å². The lowest BCUT2D eigenvalue weighted by atomic mass is 10.1. The Labute approximate surface area is 117 Å². The molecule has 20 heavy (non-hydrogen) atoms. The first kappa shape index (κ1) is 14.1. The van der Waals surface area contributed by atoms with Gasteiger partial charge < -0.3 is 14.8 Å². The van der Waals surface area contributed by atoms with Crippen molar-refractivity contribution < 1.29 is 19.1 Å². The summed E-state index contributed by atoms with van der Waals surface area (Å²) in [6, 6.07) is 7.38. The summed E-state index contributed by atoms with van der Waals surface area (Å²) in [7, 11) is 0. The van der Waals surface area contributed by atoms with Crippen LogP contribution in [-0.4, -0.2) is 31.2 Å². The number of carbonyl (C=O) groups is 2. The van der Waals surface area contributed by atoms with Crippen molar-refractivity contribution in [3.8, 4) is 0 Å². The second-order valence-electron chi connectivity index (χ2n) is 4.64. The van der Waals surface area contributed by atoms with Crippen LogP contribution >= 0.6 is 0 Å². The Hall–Kier alpha value is -2.30. The molecule has 1 aliphatic heterocycles. The highest BCUT2D eigenvalue weighted by Crippen LogP contribution is 2.25. The Bertz CT molecular complexity index is 513. The maximum absolute atomic E-state index is 11.8. The molecule has 0 bridgehead atoms. The lowest BCUT2D eigenvalue weighted by Gasteiger charge is -2.11. The maximum Gasteiger partial charge on any atom is 0.333 e. The predicted molar refractivity (Wildman–Crippen MR) is 74.3 cm³/mol. The number of hydrogen-bond acceptors (Lipinski definition) is 5. The predicted octanol–water partition coefficient (Wildman–Crippen LogP) is 1.69. The molecule has 5 nitrogen and oxygen atoms in total. The first-order valence-corrected chi connectivity index (χ1v) is 6.41. The van der Waals surface area contributed by atoms with Crippen molar-refractivity contribution in [3.63, 3.8) is 0 Å². The zero-order chi connectivity index (χ0) is 14.5. The maximum atomic E-state index is 11.8. The van der Waals surface area contributed by atoms with Gasteiger partial charge in [0.2, 0.25) is 0 Å². The highest BCUT2D eigenvalue weighted by molar-refractivity contribution is 5.87. The van der Waals surface area contributed by atoms with Crippen LogP contribution in [0.25, 0.3) is 0 Å². The van der Waals surface area contributed by atoms with E-state index in [0.29, 0.717) is 12.0 Å². The van der Waals surface area contributed by atoms with Gasteiger partial charge in [-0.25, -0.2) is 9.59 Å². The summed E-state index contributed by atoms with van der Waals surface area (Å²) in [6.45, 7) is 5.11. The fraction of sp³-hybridized carbons (Fsp3) is 0.333. The van der Waals surface area contributed by atoms with Crippen LogP contribution < -0.4 is 5.32 Å². The van der Waals surface area contributed by atoms with E-state index in [4.69, 9.17) is 9.47 Å². The van der Waals surface area contributed by atoms with Gasteiger partial charge in [-0.15, -0.1) is 0 Å². The summed E-state index contributed by atoms with van der Waals surface area (Å²) in [6.07, 6.45) is 0.612. The Morgan fingerprint density at radius 3 is 2.70 bits per heavy atom. The van der Waals surface area contributed by atoms with E-state index >= 15 is 0 Å². The number of rotatable bonds is 5. The van der Waals surface area contributed by atoms with Gasteiger partial charge in [-0.3, -0.25) is 0 Å². The van der Waals surface area contributed by atoms with Crippen molar-refractivity contribution in [2.75, 3.05) is 18.5 Å². The standard InChI is InChI=1S/C15H17NO4/c1-10(2)14(17)19-7-8-20-15(18)13-9-11-5-3-4-6-12(11)16-13/h3-6,13,16H,1,7-9H2,2H3. The minimum absolute atomic E-state index is 0.0388. The van der Waals surface area contributed by atoms with E-state index in [0.717, 1.165) is 11.3 Å². The fourth-order valence-electron chi connectivity index (χ4n) is 1.94. The average Bonchev–Trinajstić information content (AvgIpc) is 2.86. The van der Waals surface area contributed by atoms with E-state index in [2.05, 4.69) is 11.9 Å². The highest BCUT2D eigenvalue weighted by atomic mass is 16.6. The van der Waals surface area contributed by atoms with Crippen LogP contribution in [0.5, 0.6) is 0 Å². The van der Waals surface area contributed by atoms with Crippen LogP contribution in [-0.2, 0) is 25.5 Å². The summed E-state index contributed by atoms with van der Waals surface area (Å²) in [5.41, 5.74) is 2.38. The third kappa shape index (κ3) is 3.38. The second kappa shape index (κ2) is 6.23. The molecule has 1 unspecified atom stereocenters. The summed E-state index contributed by atoms with van der Waals surface area (Å²) in [4.78, 5) is 23.0. The van der Waals surface area contributed by atoms with Gasteiger partial charge in [0, 0.05) is 17.7 Å². The van der Waals surface area contributed by atoms with E-state index in [1.807, 2.05) is 24.3 Å². The molecule has 1 aromatic rings. The third-order valence-electron chi connectivity index (χ3n) is 2.96. The Kier molecular flexibility index (Phi) is 4.40. The molecule has 0 fully saturated rings. The minimum atomic E-state index is -0.479. The molecule has 1 aromatic carbocycles. The van der Waals surface area contributed by atoms with E-state index in [1.165, 1.54) is 0 Å². The molecule has 0 aromatic heterocycles. The second-order valence-corrected chi connectivity index (χ2v) is 4.64. The van der Waals surface area contributed by atoms with Crippen molar-refractivity contribution in [1.29, 1.82) is 0 Å². The molecule has 1 N–H and O–H groups in total. The largest absolute Gasteiger partial charge is 0.461 e. The van der Waals surface area contributed by atoms with Gasteiger partial charge in [-0.2, -0.15) is 0 Å². The zero-order valence-corrected chi connectivity index (χ0v) is 11.3. The molecule has 2 rings (SSSR count). The van der Waals surface area contributed by atoms with Gasteiger partial charge in [0.25, 0.3) is 0 Å². The molecule has 0 saturated carbocycles. The normalized spacial score (nSPS) is 15.9. The summed E-state index contributed by atoms with van der Waals surface area (Å²) < 4.78 is 9.92. The fourth-order valence-corrected chi connectivity index (χ4v) is 1.94. The molecule has 5 heteroatoms. The van der Waals surface area contributed by atoms with Crippen molar-refractivity contribution in [3.05, 3.63) is 42.0 Å². The first-order chi connectivity index (χ1) is 9.58. The van der Waals surface area contributed by atoms with Gasteiger partial charge in [0.1, 0.15) is 19.3 Å². The van der Waals surface area contributed by atoms with Gasteiger partial charge in [-0.1, -0.05) is 24.8 Å². The molecular formula is C15H17NO4. The number of benzene rings is 1. The van der Waals surface area contributed by atoms with Gasteiger partial charge in [0.05, 0.1) is 0 Å². The average molecular weight is 275 g/mol. The number of esters is 2. The topological polar surface area (TPSA) is 64.6 Å². The van der Waals surface area contributed by atoms with Gasteiger partial charge >= 0.3 is 11.9 Å². The Morgan fingerprint density at radius 2 is 2.00 bits per heavy atom. The number of fused-ring (bicyclic) bond motifs is 1. The summed E-state index contributed by atoms with van der Waals surface area (Å²) >= 11 is 0. The molecule has 0 aliphatic carbocycles. The molecule has 0 saturated heterocycles. The lowest BCUT2D eigenvalue weighted by molar-refractivity contribution is -0.150. The Balaban J connectivity index is 1.72. The molecule has 0 amide bonds. The van der Waals surface area contributed by atoms with Crippen molar-refractivity contribution in [2.45, 2.75) is 19.4 Å². The van der Waals surface area contributed by atoms with Crippen molar-refractivity contribution in [1.82, 2.24) is 0 Å². The first-order valence-electron chi connectivity index (χ1n) is 6.41. The van der Waals surface area contributed by atoms with Crippen LogP contribution in [0.1, 0.15) is 12.5 Å². The van der Waals surface area contributed by atoms with Gasteiger partial charge in [0.15, 0.2) is 0 Å². The van der Waals surface area contributed by atoms with Gasteiger partial charge in [-0.05, 0) is 18.6 Å². The van der Waals surface area contributed by atoms with Crippen LogP contribution in [0.3, 0.4) is 0 Å². The quantitative estimate of drug-likeness (QED) is 0.503. The molecular weight excluding hydrogens is 258 g/mol. The summed E-state index contributed by atoms with van der Waals surface area (Å²) in [5.74, 6) is -0.819. The van der Waals surface area contributed by atoms with E-state index < -0.39 is 5.97 Å². The van der Waals surface area contributed by atoms with Crippen molar-refractivity contribution >= 4 is 17.6 Å². The number of carbonyl (C=O) groups excluding carboxylic acids is 2. The Morgan fingerprint density at radius 1 is 1.30 bits per heavy atom. The van der Waals surface area contributed by atoms with E-state index in [9.17, 15) is 9.59 Å². The zero-order valence-electron chi connectivity index (χ0n) is 11.3. The lowest BCUT2D eigenvalue weighted by Crippen LogP contribution is -2.30. The molecule has 1 heterocycles. The third-order valence-corrected chi connectivity index (χ3v) is 2.96. The molecule has 0 radical (unpaired) electrons. The van der Waals surface area contributed by atoms with Crippen LogP contribution in [0.15, 0.2) is 36.4 Å². The summed E-state index contributed by atoms with van der Waals surface area (Å²) in [5, 5.41) is 3.11. The molecule has 106 valence electrons. The van der Waals surface area contributed by atoms with Crippen molar-refractivity contribution in [2.24, 2.45) is 0 Å². The number of nitrogens with one attached hydrogen (secondary N) is 1. The molecule has 1 atom stereocenters. The molecule has 1 aliphatic rings. The minimum Gasteiger partial charge on any atom is -0.461 e.